The minimum Gasteiger partial charge on any atom is -0.394 e. The van der Waals surface area contributed by atoms with Crippen LogP contribution in [0.5, 0.6) is 0 Å². The Balaban J connectivity index is 2.05. The Bertz CT molecular complexity index is 732. The summed E-state index contributed by atoms with van der Waals surface area (Å²) in [6.07, 6.45) is 6.98. The zero-order valence-corrected chi connectivity index (χ0v) is 11.5. The van der Waals surface area contributed by atoms with Gasteiger partial charge in [-0.05, 0) is 17.7 Å². The van der Waals surface area contributed by atoms with Gasteiger partial charge in [-0.3, -0.25) is 0 Å². The Morgan fingerprint density at radius 2 is 1.76 bits per heavy atom. The number of halogens is 1. The summed E-state index contributed by atoms with van der Waals surface area (Å²) in [7, 11) is 1.88. The summed E-state index contributed by atoms with van der Waals surface area (Å²) in [5.41, 5.74) is 0.812. The van der Waals surface area contributed by atoms with Gasteiger partial charge in [-0.25, -0.2) is 14.4 Å². The lowest BCUT2D eigenvalue weighted by molar-refractivity contribution is 0.250. The summed E-state index contributed by atoms with van der Waals surface area (Å²) >= 11 is 0. The molecule has 0 fully saturated rings. The van der Waals surface area contributed by atoms with Crippen molar-refractivity contribution in [2.75, 3.05) is 6.61 Å². The van der Waals surface area contributed by atoms with Crippen LogP contribution in [0.15, 0.2) is 49.1 Å². The maximum Gasteiger partial charge on any atom is 0.177 e. The fraction of sp³-hybridized carbons (Fsp3) is 0.200. The van der Waals surface area contributed by atoms with Crippen LogP contribution >= 0.6 is 0 Å². The second kappa shape index (κ2) is 5.49. The first-order valence-corrected chi connectivity index (χ1v) is 6.57. The largest absolute Gasteiger partial charge is 0.394 e. The van der Waals surface area contributed by atoms with Crippen LogP contribution in [0.4, 0.5) is 4.39 Å². The molecule has 1 N–H and O–H groups in total. The summed E-state index contributed by atoms with van der Waals surface area (Å²) in [5.74, 6) is 1.07. The molecule has 21 heavy (non-hydrogen) atoms. The van der Waals surface area contributed by atoms with Crippen LogP contribution in [0.1, 0.15) is 11.6 Å². The molecule has 108 valence electrons. The van der Waals surface area contributed by atoms with Crippen LogP contribution in [-0.2, 0) is 7.05 Å². The Morgan fingerprint density at radius 3 is 2.38 bits per heavy atom. The van der Waals surface area contributed by atoms with E-state index in [2.05, 4.69) is 9.97 Å². The molecule has 1 unspecified atom stereocenters. The number of rotatable bonds is 4. The van der Waals surface area contributed by atoms with Crippen LogP contribution in [0, 0.1) is 5.82 Å². The molecule has 1 atom stereocenters. The topological polar surface area (TPSA) is 55.9 Å². The number of benzene rings is 1. The van der Waals surface area contributed by atoms with E-state index in [1.165, 1.54) is 12.1 Å². The molecule has 2 aromatic heterocycles. The normalized spacial score (nSPS) is 12.5. The van der Waals surface area contributed by atoms with Crippen molar-refractivity contribution in [3.05, 3.63) is 60.4 Å². The first kappa shape index (κ1) is 13.5. The van der Waals surface area contributed by atoms with Crippen LogP contribution in [0.2, 0.25) is 0 Å². The van der Waals surface area contributed by atoms with E-state index in [0.29, 0.717) is 11.6 Å². The van der Waals surface area contributed by atoms with Crippen molar-refractivity contribution in [1.82, 2.24) is 19.1 Å². The fourth-order valence-electron chi connectivity index (χ4n) is 2.36. The molecule has 3 rings (SSSR count). The minimum atomic E-state index is -0.334. The van der Waals surface area contributed by atoms with Crippen LogP contribution in [-0.4, -0.2) is 30.8 Å². The molecule has 0 amide bonds. The van der Waals surface area contributed by atoms with Gasteiger partial charge < -0.3 is 14.2 Å². The van der Waals surface area contributed by atoms with E-state index in [0.717, 1.165) is 5.56 Å². The molecule has 0 bridgehead atoms. The van der Waals surface area contributed by atoms with Gasteiger partial charge in [0.2, 0.25) is 0 Å². The van der Waals surface area contributed by atoms with Crippen molar-refractivity contribution in [2.24, 2.45) is 7.05 Å². The standard InChI is InChI=1S/C15H15FN4O/c1-19-8-6-17-14(19)15-18-7-9-20(15)13(10-21)11-2-4-12(16)5-3-11/h2-9,13,21H,10H2,1H3. The zero-order valence-electron chi connectivity index (χ0n) is 11.5. The van der Waals surface area contributed by atoms with Crippen LogP contribution < -0.4 is 0 Å². The minimum absolute atomic E-state index is 0.112. The lowest BCUT2D eigenvalue weighted by Crippen LogP contribution is -2.16. The highest BCUT2D eigenvalue weighted by Gasteiger charge is 2.19. The van der Waals surface area contributed by atoms with Crippen molar-refractivity contribution >= 4 is 0 Å². The number of nitrogens with zero attached hydrogens (tertiary/aromatic N) is 4. The quantitative estimate of drug-likeness (QED) is 0.798. The zero-order chi connectivity index (χ0) is 14.8. The van der Waals surface area contributed by atoms with Crippen LogP contribution in [0.3, 0.4) is 0 Å². The third kappa shape index (κ3) is 2.45. The van der Waals surface area contributed by atoms with Gasteiger partial charge in [0.25, 0.3) is 0 Å². The van der Waals surface area contributed by atoms with Gasteiger partial charge in [0.05, 0.1) is 12.6 Å². The number of aliphatic hydroxyl groups is 1. The van der Waals surface area contributed by atoms with Gasteiger partial charge in [0.1, 0.15) is 5.82 Å². The maximum atomic E-state index is 13.1. The molecule has 2 heterocycles. The van der Waals surface area contributed by atoms with E-state index >= 15 is 0 Å². The van der Waals surface area contributed by atoms with Gasteiger partial charge in [0.15, 0.2) is 11.6 Å². The van der Waals surface area contributed by atoms with Crippen LogP contribution in [0.25, 0.3) is 11.6 Å². The second-order valence-electron chi connectivity index (χ2n) is 4.77. The van der Waals surface area contributed by atoms with Crippen molar-refractivity contribution in [3.8, 4) is 11.6 Å². The van der Waals surface area contributed by atoms with Crippen molar-refractivity contribution in [1.29, 1.82) is 0 Å². The van der Waals surface area contributed by atoms with Gasteiger partial charge in [0, 0.05) is 31.8 Å². The highest BCUT2D eigenvalue weighted by molar-refractivity contribution is 5.45. The van der Waals surface area contributed by atoms with E-state index in [-0.39, 0.29) is 18.5 Å². The molecule has 5 nitrogen and oxygen atoms in total. The smallest absolute Gasteiger partial charge is 0.177 e. The van der Waals surface area contributed by atoms with Crippen molar-refractivity contribution in [3.63, 3.8) is 0 Å². The average Bonchev–Trinajstić information content (AvgIpc) is 3.10. The molecule has 0 aliphatic carbocycles. The summed E-state index contributed by atoms with van der Waals surface area (Å²) in [5, 5.41) is 9.74. The highest BCUT2D eigenvalue weighted by atomic mass is 19.1. The SMILES string of the molecule is Cn1ccnc1-c1nccn1C(CO)c1ccc(F)cc1. The third-order valence-corrected chi connectivity index (χ3v) is 3.45. The maximum absolute atomic E-state index is 13.1. The molecular weight excluding hydrogens is 271 g/mol. The van der Waals surface area contributed by atoms with E-state index in [9.17, 15) is 9.50 Å². The molecule has 0 radical (unpaired) electrons. The monoisotopic (exact) mass is 286 g/mol. The first-order valence-electron chi connectivity index (χ1n) is 6.57. The van der Waals surface area contributed by atoms with Gasteiger partial charge >= 0.3 is 0 Å². The number of aliphatic hydroxyl groups excluding tert-OH is 1. The molecule has 0 saturated heterocycles. The van der Waals surface area contributed by atoms with Gasteiger partial charge in [-0.2, -0.15) is 0 Å². The Kier molecular flexibility index (Phi) is 3.53. The Morgan fingerprint density at radius 1 is 1.10 bits per heavy atom. The van der Waals surface area contributed by atoms with E-state index < -0.39 is 0 Å². The number of hydrogen-bond donors (Lipinski definition) is 1. The molecular formula is C15H15FN4O. The van der Waals surface area contributed by atoms with Gasteiger partial charge in [-0.15, -0.1) is 0 Å². The van der Waals surface area contributed by atoms with Crippen molar-refractivity contribution < 1.29 is 9.50 Å². The molecule has 6 heteroatoms. The van der Waals surface area contributed by atoms with E-state index in [1.807, 2.05) is 22.4 Å². The molecule has 1 aromatic carbocycles. The summed E-state index contributed by atoms with van der Waals surface area (Å²) < 4.78 is 16.8. The van der Waals surface area contributed by atoms with Gasteiger partial charge in [-0.1, -0.05) is 12.1 Å². The number of imidazole rings is 2. The summed E-state index contributed by atoms with van der Waals surface area (Å²) in [4.78, 5) is 8.61. The summed E-state index contributed by atoms with van der Waals surface area (Å²) in [6, 6.07) is 5.77. The van der Waals surface area contributed by atoms with E-state index in [1.54, 1.807) is 30.7 Å². The Labute approximate surface area is 121 Å². The lowest BCUT2D eigenvalue weighted by Gasteiger charge is -2.19. The highest BCUT2D eigenvalue weighted by Crippen LogP contribution is 2.24. The predicted octanol–water partition coefficient (Wildman–Crippen LogP) is 2.00. The predicted molar refractivity (Wildman–Crippen MR) is 76.1 cm³/mol. The first-order chi connectivity index (χ1) is 10.2. The molecule has 0 saturated carbocycles. The molecule has 0 aliphatic rings. The molecule has 0 spiro atoms. The Hall–Kier alpha value is -2.47. The second-order valence-corrected chi connectivity index (χ2v) is 4.77. The fourth-order valence-corrected chi connectivity index (χ4v) is 2.36. The number of hydrogen-bond acceptors (Lipinski definition) is 3. The number of aromatic nitrogens is 4. The summed E-state index contributed by atoms with van der Waals surface area (Å²) in [6.45, 7) is -0.112. The molecule has 3 aromatic rings. The van der Waals surface area contributed by atoms with E-state index in [4.69, 9.17) is 0 Å². The third-order valence-electron chi connectivity index (χ3n) is 3.45. The number of aryl methyl sites for hydroxylation is 1. The lowest BCUT2D eigenvalue weighted by atomic mass is 10.1. The van der Waals surface area contributed by atoms with Crippen molar-refractivity contribution in [2.45, 2.75) is 6.04 Å². The average molecular weight is 286 g/mol. The molecule has 0 aliphatic heterocycles.